The van der Waals surface area contributed by atoms with Gasteiger partial charge in [0.1, 0.15) is 6.61 Å². The summed E-state index contributed by atoms with van der Waals surface area (Å²) >= 11 is 12.4. The van der Waals surface area contributed by atoms with Crippen LogP contribution in [0.5, 0.6) is 11.5 Å². The second-order valence-corrected chi connectivity index (χ2v) is 5.79. The fourth-order valence-electron chi connectivity index (χ4n) is 2.15. The molecule has 0 bridgehead atoms. The van der Waals surface area contributed by atoms with E-state index in [9.17, 15) is 0 Å². The van der Waals surface area contributed by atoms with Crippen LogP contribution in [0.4, 0.5) is 5.69 Å². The van der Waals surface area contributed by atoms with E-state index < -0.39 is 0 Å². The zero-order chi connectivity index (χ0) is 16.8. The number of hydrogen-bond donors (Lipinski definition) is 1. The number of nitrogens with one attached hydrogen (secondary N) is 1. The highest BCUT2D eigenvalue weighted by atomic mass is 35.5. The number of benzene rings is 2. The molecule has 0 heterocycles. The standard InChI is InChI=1S/C18H19Cl2NO2/c1-4-8-23-18-15(20)9-13(10-17(18)22-3)11-21-16-7-5-6-14(19)12(16)2/h4-7,9-10,21H,1,8,11H2,2-3H3. The van der Waals surface area contributed by atoms with Crippen molar-refractivity contribution in [3.63, 3.8) is 0 Å². The summed E-state index contributed by atoms with van der Waals surface area (Å²) in [7, 11) is 1.59. The van der Waals surface area contributed by atoms with Gasteiger partial charge in [-0.3, -0.25) is 0 Å². The Morgan fingerprint density at radius 3 is 2.70 bits per heavy atom. The van der Waals surface area contributed by atoms with Gasteiger partial charge in [-0.15, -0.1) is 0 Å². The van der Waals surface area contributed by atoms with Crippen LogP contribution in [0.25, 0.3) is 0 Å². The van der Waals surface area contributed by atoms with E-state index in [-0.39, 0.29) is 0 Å². The summed E-state index contributed by atoms with van der Waals surface area (Å²) in [6.45, 7) is 6.57. The van der Waals surface area contributed by atoms with E-state index in [1.54, 1.807) is 13.2 Å². The summed E-state index contributed by atoms with van der Waals surface area (Å²) in [5.74, 6) is 1.12. The van der Waals surface area contributed by atoms with Crippen molar-refractivity contribution in [1.29, 1.82) is 0 Å². The third-order valence-corrected chi connectivity index (χ3v) is 4.08. The molecule has 0 aromatic heterocycles. The van der Waals surface area contributed by atoms with Crippen LogP contribution < -0.4 is 14.8 Å². The van der Waals surface area contributed by atoms with Crippen LogP contribution in [-0.4, -0.2) is 13.7 Å². The Hall–Kier alpha value is -1.84. The predicted octanol–water partition coefficient (Wildman–Crippen LogP) is 5.49. The number of hydrogen-bond acceptors (Lipinski definition) is 3. The van der Waals surface area contributed by atoms with Gasteiger partial charge in [0, 0.05) is 17.3 Å². The molecule has 3 nitrogen and oxygen atoms in total. The van der Waals surface area contributed by atoms with Crippen LogP contribution in [0.2, 0.25) is 10.0 Å². The molecular formula is C18H19Cl2NO2. The van der Waals surface area contributed by atoms with E-state index in [0.717, 1.165) is 21.8 Å². The van der Waals surface area contributed by atoms with Crippen LogP contribution in [0.1, 0.15) is 11.1 Å². The molecule has 1 N–H and O–H groups in total. The number of anilines is 1. The number of ether oxygens (including phenoxy) is 2. The lowest BCUT2D eigenvalue weighted by atomic mass is 10.1. The quantitative estimate of drug-likeness (QED) is 0.669. The monoisotopic (exact) mass is 351 g/mol. The smallest absolute Gasteiger partial charge is 0.180 e. The fraction of sp³-hybridized carbons (Fsp3) is 0.222. The van der Waals surface area contributed by atoms with Gasteiger partial charge in [0.2, 0.25) is 0 Å². The Morgan fingerprint density at radius 1 is 1.22 bits per heavy atom. The van der Waals surface area contributed by atoms with E-state index in [1.165, 1.54) is 0 Å². The van der Waals surface area contributed by atoms with Crippen molar-refractivity contribution in [3.8, 4) is 11.5 Å². The SMILES string of the molecule is C=CCOc1c(Cl)cc(CNc2cccc(Cl)c2C)cc1OC. The molecule has 2 aromatic rings. The summed E-state index contributed by atoms with van der Waals surface area (Å²) in [5.41, 5.74) is 2.98. The molecule has 0 amide bonds. The van der Waals surface area contributed by atoms with Gasteiger partial charge in [-0.05, 0) is 42.3 Å². The maximum Gasteiger partial charge on any atom is 0.180 e. The highest BCUT2D eigenvalue weighted by Gasteiger charge is 2.12. The molecule has 23 heavy (non-hydrogen) atoms. The Kier molecular flexibility index (Phi) is 6.20. The minimum Gasteiger partial charge on any atom is -0.493 e. The molecule has 0 saturated heterocycles. The first-order valence-corrected chi connectivity index (χ1v) is 7.91. The van der Waals surface area contributed by atoms with Crippen molar-refractivity contribution >= 4 is 28.9 Å². The summed E-state index contributed by atoms with van der Waals surface area (Å²) in [6, 6.07) is 9.53. The van der Waals surface area contributed by atoms with Crippen LogP contribution in [0, 0.1) is 6.92 Å². The minimum atomic E-state index is 0.370. The van der Waals surface area contributed by atoms with Crippen molar-refractivity contribution in [2.75, 3.05) is 19.0 Å². The molecule has 0 radical (unpaired) electrons. The summed E-state index contributed by atoms with van der Waals surface area (Å²) in [4.78, 5) is 0. The number of methoxy groups -OCH3 is 1. The molecule has 0 saturated carbocycles. The predicted molar refractivity (Wildman–Crippen MR) is 97.2 cm³/mol. The summed E-state index contributed by atoms with van der Waals surface area (Å²) in [6.07, 6.45) is 1.66. The topological polar surface area (TPSA) is 30.5 Å². The van der Waals surface area contributed by atoms with Crippen molar-refractivity contribution in [2.24, 2.45) is 0 Å². The van der Waals surface area contributed by atoms with Crippen LogP contribution in [-0.2, 0) is 6.54 Å². The van der Waals surface area contributed by atoms with Gasteiger partial charge >= 0.3 is 0 Å². The average Bonchev–Trinajstić information content (AvgIpc) is 2.54. The van der Waals surface area contributed by atoms with E-state index in [1.807, 2.05) is 37.3 Å². The molecule has 5 heteroatoms. The lowest BCUT2D eigenvalue weighted by Crippen LogP contribution is -2.03. The van der Waals surface area contributed by atoms with Crippen molar-refractivity contribution in [2.45, 2.75) is 13.5 Å². The van der Waals surface area contributed by atoms with Crippen molar-refractivity contribution in [3.05, 3.63) is 64.2 Å². The fourth-order valence-corrected chi connectivity index (χ4v) is 2.62. The number of rotatable bonds is 7. The highest BCUT2D eigenvalue weighted by Crippen LogP contribution is 2.36. The molecule has 0 spiro atoms. The Balaban J connectivity index is 2.18. The zero-order valence-corrected chi connectivity index (χ0v) is 14.7. The van der Waals surface area contributed by atoms with Gasteiger partial charge in [-0.25, -0.2) is 0 Å². The molecule has 0 fully saturated rings. The van der Waals surface area contributed by atoms with E-state index in [2.05, 4.69) is 11.9 Å². The summed E-state index contributed by atoms with van der Waals surface area (Å²) < 4.78 is 10.9. The molecule has 0 aliphatic heterocycles. The molecule has 122 valence electrons. The Morgan fingerprint density at radius 2 is 2.00 bits per heavy atom. The summed E-state index contributed by atoms with van der Waals surface area (Å²) in [5, 5.41) is 4.60. The lowest BCUT2D eigenvalue weighted by molar-refractivity contribution is 0.326. The molecule has 0 unspecified atom stereocenters. The highest BCUT2D eigenvalue weighted by molar-refractivity contribution is 6.32. The van der Waals surface area contributed by atoms with Crippen LogP contribution in [0.3, 0.4) is 0 Å². The first-order chi connectivity index (χ1) is 11.1. The van der Waals surface area contributed by atoms with E-state index in [0.29, 0.717) is 29.7 Å². The normalized spacial score (nSPS) is 10.3. The maximum absolute atomic E-state index is 6.30. The molecule has 2 aromatic carbocycles. The first kappa shape index (κ1) is 17.5. The van der Waals surface area contributed by atoms with Crippen LogP contribution >= 0.6 is 23.2 Å². The lowest BCUT2D eigenvalue weighted by Gasteiger charge is -2.15. The average molecular weight is 352 g/mol. The van der Waals surface area contributed by atoms with E-state index >= 15 is 0 Å². The third-order valence-electron chi connectivity index (χ3n) is 3.39. The zero-order valence-electron chi connectivity index (χ0n) is 13.2. The second-order valence-electron chi connectivity index (χ2n) is 4.97. The molecular weight excluding hydrogens is 333 g/mol. The van der Waals surface area contributed by atoms with Crippen molar-refractivity contribution in [1.82, 2.24) is 0 Å². The van der Waals surface area contributed by atoms with Gasteiger partial charge in [0.25, 0.3) is 0 Å². The van der Waals surface area contributed by atoms with Gasteiger partial charge in [0.15, 0.2) is 11.5 Å². The largest absolute Gasteiger partial charge is 0.493 e. The van der Waals surface area contributed by atoms with E-state index in [4.69, 9.17) is 32.7 Å². The molecule has 0 atom stereocenters. The van der Waals surface area contributed by atoms with Gasteiger partial charge in [-0.1, -0.05) is 41.9 Å². The minimum absolute atomic E-state index is 0.370. The molecule has 0 aliphatic carbocycles. The Bertz CT molecular complexity index is 702. The third kappa shape index (κ3) is 4.34. The molecule has 2 rings (SSSR count). The van der Waals surface area contributed by atoms with Crippen LogP contribution in [0.15, 0.2) is 43.0 Å². The second kappa shape index (κ2) is 8.14. The number of halogens is 2. The molecule has 0 aliphatic rings. The van der Waals surface area contributed by atoms with Gasteiger partial charge in [-0.2, -0.15) is 0 Å². The van der Waals surface area contributed by atoms with Crippen molar-refractivity contribution < 1.29 is 9.47 Å². The van der Waals surface area contributed by atoms with Gasteiger partial charge < -0.3 is 14.8 Å². The maximum atomic E-state index is 6.30. The Labute approximate surface area is 146 Å². The first-order valence-electron chi connectivity index (χ1n) is 7.16. The van der Waals surface area contributed by atoms with Gasteiger partial charge in [0.05, 0.1) is 12.1 Å².